The summed E-state index contributed by atoms with van der Waals surface area (Å²) in [6, 6.07) is 11.3. The van der Waals surface area contributed by atoms with Crippen LogP contribution in [0.3, 0.4) is 0 Å². The zero-order chi connectivity index (χ0) is 25.2. The summed E-state index contributed by atoms with van der Waals surface area (Å²) in [4.78, 5) is 7.07. The summed E-state index contributed by atoms with van der Waals surface area (Å²) in [5, 5.41) is 3.96. The SMILES string of the molecule is CCN(CC1CCC1)c1nc2ccccc2cc1CNCc1cc(C(F)(F)F)cc(C(F)(F)F)c1. The number of pyridine rings is 1. The Morgan fingerprint density at radius 1 is 0.914 bits per heavy atom. The van der Waals surface area contributed by atoms with Crippen molar-refractivity contribution in [2.75, 3.05) is 18.0 Å². The molecule has 0 spiro atoms. The Morgan fingerprint density at radius 3 is 2.14 bits per heavy atom. The summed E-state index contributed by atoms with van der Waals surface area (Å²) < 4.78 is 79.1. The first-order chi connectivity index (χ1) is 16.5. The highest BCUT2D eigenvalue weighted by Gasteiger charge is 2.36. The first-order valence-corrected chi connectivity index (χ1v) is 11.7. The average Bonchev–Trinajstić information content (AvgIpc) is 2.77. The van der Waals surface area contributed by atoms with Crippen LogP contribution in [0.4, 0.5) is 32.2 Å². The maximum Gasteiger partial charge on any atom is 0.416 e. The van der Waals surface area contributed by atoms with Crippen molar-refractivity contribution >= 4 is 16.7 Å². The average molecular weight is 496 g/mol. The second-order valence-electron chi connectivity index (χ2n) is 9.02. The van der Waals surface area contributed by atoms with Gasteiger partial charge in [-0.15, -0.1) is 0 Å². The molecule has 1 aromatic heterocycles. The molecule has 1 aliphatic rings. The minimum Gasteiger partial charge on any atom is -0.356 e. The van der Waals surface area contributed by atoms with Crippen LogP contribution in [0.1, 0.15) is 48.4 Å². The molecule has 0 bridgehead atoms. The molecular weight excluding hydrogens is 468 g/mol. The molecule has 0 aliphatic heterocycles. The predicted molar refractivity (Wildman–Crippen MR) is 124 cm³/mol. The molecule has 9 heteroatoms. The first-order valence-electron chi connectivity index (χ1n) is 11.7. The number of rotatable bonds is 8. The molecule has 1 aliphatic carbocycles. The van der Waals surface area contributed by atoms with Crippen LogP contribution in [0.5, 0.6) is 0 Å². The Kier molecular flexibility index (Phi) is 7.26. The summed E-state index contributed by atoms with van der Waals surface area (Å²) in [6.07, 6.45) is -6.16. The van der Waals surface area contributed by atoms with Crippen molar-refractivity contribution in [2.24, 2.45) is 5.92 Å². The molecule has 1 fully saturated rings. The Balaban J connectivity index is 1.59. The number of nitrogens with zero attached hydrogens (tertiary/aromatic N) is 2. The summed E-state index contributed by atoms with van der Waals surface area (Å²) in [5.74, 6) is 1.40. The van der Waals surface area contributed by atoms with Gasteiger partial charge in [-0.25, -0.2) is 4.98 Å². The monoisotopic (exact) mass is 495 g/mol. The number of halogens is 6. The number of hydrogen-bond donors (Lipinski definition) is 1. The topological polar surface area (TPSA) is 28.2 Å². The second-order valence-corrected chi connectivity index (χ2v) is 9.02. The summed E-state index contributed by atoms with van der Waals surface area (Å²) >= 11 is 0. The van der Waals surface area contributed by atoms with E-state index in [-0.39, 0.29) is 24.7 Å². The minimum absolute atomic E-state index is 0.0794. The standard InChI is InChI=1S/C26H27F6N3/c1-2-35(16-17-6-5-7-17)24-20(12-19-8-3-4-9-23(19)34-24)15-33-14-18-10-21(25(27,28)29)13-22(11-18)26(30,31)32/h3-4,8-13,17,33H,2,5-7,14-16H2,1H3. The number of para-hydroxylation sites is 1. The van der Waals surface area contributed by atoms with E-state index in [0.29, 0.717) is 5.92 Å². The maximum atomic E-state index is 13.2. The third-order valence-corrected chi connectivity index (χ3v) is 6.46. The lowest BCUT2D eigenvalue weighted by molar-refractivity contribution is -0.143. The smallest absolute Gasteiger partial charge is 0.356 e. The Morgan fingerprint density at radius 2 is 1.57 bits per heavy atom. The lowest BCUT2D eigenvalue weighted by Gasteiger charge is -2.33. The van der Waals surface area contributed by atoms with E-state index in [1.807, 2.05) is 37.3 Å². The molecule has 0 atom stereocenters. The van der Waals surface area contributed by atoms with Gasteiger partial charge in [0.2, 0.25) is 0 Å². The quantitative estimate of drug-likeness (QED) is 0.335. The van der Waals surface area contributed by atoms with Gasteiger partial charge in [0.25, 0.3) is 0 Å². The molecular formula is C26H27F6N3. The van der Waals surface area contributed by atoms with Gasteiger partial charge in [-0.2, -0.15) is 26.3 Å². The molecule has 35 heavy (non-hydrogen) atoms. The van der Waals surface area contributed by atoms with Crippen molar-refractivity contribution in [3.05, 3.63) is 70.8 Å². The van der Waals surface area contributed by atoms with Gasteiger partial charge >= 0.3 is 12.4 Å². The zero-order valence-corrected chi connectivity index (χ0v) is 19.3. The normalized spacial score (nSPS) is 14.8. The molecule has 1 heterocycles. The number of hydrogen-bond acceptors (Lipinski definition) is 3. The molecule has 188 valence electrons. The number of fused-ring (bicyclic) bond motifs is 1. The number of nitrogens with one attached hydrogen (secondary N) is 1. The van der Waals surface area contributed by atoms with E-state index in [1.54, 1.807) is 0 Å². The van der Waals surface area contributed by atoms with Crippen LogP contribution >= 0.6 is 0 Å². The predicted octanol–water partition coefficient (Wildman–Crippen LogP) is 7.19. The van der Waals surface area contributed by atoms with Gasteiger partial charge < -0.3 is 10.2 Å². The molecule has 0 saturated heterocycles. The van der Waals surface area contributed by atoms with Gasteiger partial charge in [0, 0.05) is 37.1 Å². The molecule has 3 nitrogen and oxygen atoms in total. The van der Waals surface area contributed by atoms with Crippen molar-refractivity contribution in [3.8, 4) is 0 Å². The Hall–Kier alpha value is -2.81. The Bertz CT molecular complexity index is 1140. The molecule has 4 rings (SSSR count). The highest BCUT2D eigenvalue weighted by atomic mass is 19.4. The highest BCUT2D eigenvalue weighted by molar-refractivity contribution is 5.81. The maximum absolute atomic E-state index is 13.2. The number of alkyl halides is 6. The number of benzene rings is 2. The second kappa shape index (κ2) is 10.0. The third kappa shape index (κ3) is 6.07. The molecule has 0 unspecified atom stereocenters. The van der Waals surface area contributed by atoms with Crippen LogP contribution in [-0.2, 0) is 25.4 Å². The fraction of sp³-hybridized carbons (Fsp3) is 0.423. The van der Waals surface area contributed by atoms with Crippen LogP contribution in [0, 0.1) is 5.92 Å². The van der Waals surface area contributed by atoms with E-state index in [9.17, 15) is 26.3 Å². The van der Waals surface area contributed by atoms with E-state index >= 15 is 0 Å². The molecule has 3 aromatic rings. The van der Waals surface area contributed by atoms with Crippen molar-refractivity contribution in [1.29, 1.82) is 0 Å². The van der Waals surface area contributed by atoms with Crippen LogP contribution in [0.25, 0.3) is 10.9 Å². The zero-order valence-electron chi connectivity index (χ0n) is 19.3. The van der Waals surface area contributed by atoms with Crippen LogP contribution in [-0.4, -0.2) is 18.1 Å². The minimum atomic E-state index is -4.87. The summed E-state index contributed by atoms with van der Waals surface area (Å²) in [6.45, 7) is 3.78. The molecule has 1 N–H and O–H groups in total. The van der Waals surface area contributed by atoms with Crippen LogP contribution in [0.15, 0.2) is 48.5 Å². The van der Waals surface area contributed by atoms with E-state index in [0.717, 1.165) is 47.5 Å². The lowest BCUT2D eigenvalue weighted by atomic mass is 9.85. The molecule has 1 saturated carbocycles. The molecule has 0 radical (unpaired) electrons. The van der Waals surface area contributed by atoms with Gasteiger partial charge in [-0.1, -0.05) is 24.6 Å². The molecule has 2 aromatic carbocycles. The van der Waals surface area contributed by atoms with Gasteiger partial charge in [0.15, 0.2) is 0 Å². The van der Waals surface area contributed by atoms with E-state index < -0.39 is 23.5 Å². The van der Waals surface area contributed by atoms with E-state index in [1.165, 1.54) is 19.3 Å². The largest absolute Gasteiger partial charge is 0.416 e. The van der Waals surface area contributed by atoms with Crippen molar-refractivity contribution in [2.45, 2.75) is 51.6 Å². The number of aromatic nitrogens is 1. The highest BCUT2D eigenvalue weighted by Crippen LogP contribution is 2.36. The Labute approximate surface area is 200 Å². The van der Waals surface area contributed by atoms with Crippen molar-refractivity contribution in [1.82, 2.24) is 10.3 Å². The molecule has 0 amide bonds. The first kappa shape index (κ1) is 25.3. The van der Waals surface area contributed by atoms with Gasteiger partial charge in [0.05, 0.1) is 16.6 Å². The van der Waals surface area contributed by atoms with Gasteiger partial charge in [-0.05, 0) is 61.6 Å². The van der Waals surface area contributed by atoms with E-state index in [4.69, 9.17) is 4.98 Å². The van der Waals surface area contributed by atoms with Crippen molar-refractivity contribution < 1.29 is 26.3 Å². The van der Waals surface area contributed by atoms with Gasteiger partial charge in [0.1, 0.15) is 5.82 Å². The lowest BCUT2D eigenvalue weighted by Crippen LogP contribution is -2.34. The van der Waals surface area contributed by atoms with E-state index in [2.05, 4.69) is 10.2 Å². The van der Waals surface area contributed by atoms with Crippen molar-refractivity contribution in [3.63, 3.8) is 0 Å². The van der Waals surface area contributed by atoms with Crippen LogP contribution < -0.4 is 10.2 Å². The fourth-order valence-corrected chi connectivity index (χ4v) is 4.37. The number of anilines is 1. The summed E-state index contributed by atoms with van der Waals surface area (Å²) in [7, 11) is 0. The fourth-order valence-electron chi connectivity index (χ4n) is 4.37. The third-order valence-electron chi connectivity index (χ3n) is 6.46. The van der Waals surface area contributed by atoms with Gasteiger partial charge in [-0.3, -0.25) is 0 Å². The summed E-state index contributed by atoms with van der Waals surface area (Å²) in [5.41, 5.74) is -1.01. The van der Waals surface area contributed by atoms with Crippen LogP contribution in [0.2, 0.25) is 0 Å².